The van der Waals surface area contributed by atoms with Crippen LogP contribution in [0.15, 0.2) is 41.5 Å². The number of nitrogens with two attached hydrogens (primary N) is 1. The van der Waals surface area contributed by atoms with E-state index in [0.29, 0.717) is 10.7 Å². The number of aromatic nitrogens is 1. The van der Waals surface area contributed by atoms with Crippen molar-refractivity contribution in [1.82, 2.24) is 4.98 Å². The molecule has 3 rings (SSSR count). The number of thioether (sulfide) groups is 1. The molecule has 2 aromatic rings. The van der Waals surface area contributed by atoms with Crippen molar-refractivity contribution in [3.8, 4) is 0 Å². The summed E-state index contributed by atoms with van der Waals surface area (Å²) in [5.41, 5.74) is 4.93. The van der Waals surface area contributed by atoms with Gasteiger partial charge in [-0.15, -0.1) is 0 Å². The van der Waals surface area contributed by atoms with E-state index in [4.69, 9.17) is 17.3 Å². The van der Waals surface area contributed by atoms with E-state index in [-0.39, 0.29) is 27.6 Å². The molecule has 0 radical (unpaired) electrons. The fourth-order valence-electron chi connectivity index (χ4n) is 3.17. The normalized spacial score (nSPS) is 24.5. The van der Waals surface area contributed by atoms with Crippen molar-refractivity contribution in [1.29, 1.82) is 0 Å². The van der Waals surface area contributed by atoms with Gasteiger partial charge in [0.05, 0.1) is 5.02 Å². The van der Waals surface area contributed by atoms with E-state index in [0.717, 1.165) is 0 Å². The Kier molecular flexibility index (Phi) is 5.90. The number of carbonyl (C=O) groups excluding carboxylic acids is 1. The van der Waals surface area contributed by atoms with Gasteiger partial charge in [-0.25, -0.2) is 18.8 Å². The molecule has 9 heteroatoms. The van der Waals surface area contributed by atoms with E-state index in [1.54, 1.807) is 0 Å². The molecule has 0 saturated carbocycles. The van der Waals surface area contributed by atoms with Crippen molar-refractivity contribution in [3.63, 3.8) is 0 Å². The Bertz CT molecular complexity index is 925. The van der Waals surface area contributed by atoms with Crippen LogP contribution in [0.2, 0.25) is 5.02 Å². The highest BCUT2D eigenvalue weighted by Crippen LogP contribution is 2.45. The summed E-state index contributed by atoms with van der Waals surface area (Å²) in [6.07, 6.45) is 1.35. The number of carbonyl (C=O) groups is 1. The van der Waals surface area contributed by atoms with Gasteiger partial charge in [-0.1, -0.05) is 37.2 Å². The largest absolute Gasteiger partial charge is 0.379 e. The average Bonchev–Trinajstić information content (AvgIpc) is 2.67. The third-order valence-corrected chi connectivity index (χ3v) is 6.26. The van der Waals surface area contributed by atoms with E-state index in [2.05, 4.69) is 15.3 Å². The fourth-order valence-corrected chi connectivity index (χ4v) is 4.31. The van der Waals surface area contributed by atoms with Gasteiger partial charge in [0.15, 0.2) is 5.17 Å². The van der Waals surface area contributed by atoms with Gasteiger partial charge in [-0.2, -0.15) is 0 Å². The van der Waals surface area contributed by atoms with E-state index >= 15 is 0 Å². The van der Waals surface area contributed by atoms with Crippen LogP contribution in [0.1, 0.15) is 29.9 Å². The summed E-state index contributed by atoms with van der Waals surface area (Å²) in [4.78, 5) is 20.6. The molecule has 28 heavy (non-hydrogen) atoms. The summed E-state index contributed by atoms with van der Waals surface area (Å²) in [6, 6.07) is 6.99. The predicted octanol–water partition coefficient (Wildman–Crippen LogP) is 4.38. The molecule has 1 amide bonds. The van der Waals surface area contributed by atoms with Crippen LogP contribution in [0.5, 0.6) is 0 Å². The molecule has 1 aliphatic heterocycles. The standard InChI is InChI=1S/C19H19ClF2N4OS/c1-10-11(2)28-18(23)26-19(10,9-21)14-7-13(4-5-15(14)22)25-17(27)16-6-3-12(20)8-24-16/h3-8,10-11H,9H2,1-2H3,(H2,23,26)(H,25,27)/t10-,11?,19+/m1/s1. The highest BCUT2D eigenvalue weighted by molar-refractivity contribution is 8.14. The van der Waals surface area contributed by atoms with Crippen molar-refractivity contribution in [3.05, 3.63) is 58.6 Å². The first-order valence-corrected chi connectivity index (χ1v) is 9.83. The number of pyridine rings is 1. The number of nitrogens with one attached hydrogen (secondary N) is 1. The molecule has 1 aromatic carbocycles. The molecule has 3 N–H and O–H groups in total. The summed E-state index contributed by atoms with van der Waals surface area (Å²) < 4.78 is 28.9. The zero-order valence-corrected chi connectivity index (χ0v) is 16.8. The van der Waals surface area contributed by atoms with E-state index in [9.17, 15) is 13.6 Å². The molecule has 1 aliphatic rings. The van der Waals surface area contributed by atoms with Crippen molar-refractivity contribution in [2.45, 2.75) is 24.6 Å². The Morgan fingerprint density at radius 2 is 2.11 bits per heavy atom. The lowest BCUT2D eigenvalue weighted by Gasteiger charge is -2.40. The van der Waals surface area contributed by atoms with E-state index in [1.165, 1.54) is 48.3 Å². The summed E-state index contributed by atoms with van der Waals surface area (Å²) >= 11 is 7.10. The molecule has 148 valence electrons. The lowest BCUT2D eigenvalue weighted by atomic mass is 9.78. The minimum Gasteiger partial charge on any atom is -0.379 e. The van der Waals surface area contributed by atoms with Crippen LogP contribution in [0, 0.1) is 11.7 Å². The van der Waals surface area contributed by atoms with Gasteiger partial charge in [0.25, 0.3) is 5.91 Å². The zero-order valence-electron chi connectivity index (χ0n) is 15.2. The number of amidine groups is 1. The van der Waals surface area contributed by atoms with Crippen LogP contribution < -0.4 is 11.1 Å². The quantitative estimate of drug-likeness (QED) is 0.763. The van der Waals surface area contributed by atoms with Gasteiger partial charge < -0.3 is 11.1 Å². The second kappa shape index (κ2) is 8.05. The second-order valence-corrected chi connectivity index (χ2v) is 8.46. The minimum absolute atomic E-state index is 0.0517. The molecule has 5 nitrogen and oxygen atoms in total. The predicted molar refractivity (Wildman–Crippen MR) is 109 cm³/mol. The maximum Gasteiger partial charge on any atom is 0.274 e. The highest BCUT2D eigenvalue weighted by atomic mass is 35.5. The molecule has 3 atom stereocenters. The Hall–Kier alpha value is -2.19. The van der Waals surface area contributed by atoms with Gasteiger partial charge in [0, 0.05) is 28.6 Å². The number of alkyl halides is 1. The molecule has 0 aliphatic carbocycles. The Balaban J connectivity index is 1.98. The topological polar surface area (TPSA) is 80.4 Å². The van der Waals surface area contributed by atoms with Crippen LogP contribution in [0.3, 0.4) is 0 Å². The minimum atomic E-state index is -1.45. The molecular weight excluding hydrogens is 406 g/mol. The SMILES string of the molecule is CC1SC(N)=N[C@](CF)(c2cc(NC(=O)c3ccc(Cl)cn3)ccc2F)[C@@H]1C. The molecule has 0 spiro atoms. The van der Waals surface area contributed by atoms with Crippen molar-refractivity contribution in [2.24, 2.45) is 16.6 Å². The van der Waals surface area contributed by atoms with Crippen LogP contribution in [-0.4, -0.2) is 28.0 Å². The molecule has 1 aromatic heterocycles. The van der Waals surface area contributed by atoms with Crippen LogP contribution in [-0.2, 0) is 5.54 Å². The first-order valence-electron chi connectivity index (χ1n) is 8.57. The summed E-state index contributed by atoms with van der Waals surface area (Å²) in [5.74, 6) is -1.41. The number of benzene rings is 1. The number of anilines is 1. The smallest absolute Gasteiger partial charge is 0.274 e. The molecule has 1 unspecified atom stereocenters. The molecule has 0 fully saturated rings. The molecule has 0 bridgehead atoms. The number of halogens is 3. The molecule has 0 saturated heterocycles. The number of rotatable bonds is 4. The number of hydrogen-bond acceptors (Lipinski definition) is 5. The number of aliphatic imine (C=N–C) groups is 1. The zero-order chi connectivity index (χ0) is 20.5. The summed E-state index contributed by atoms with van der Waals surface area (Å²) in [6.45, 7) is 2.80. The Labute approximate surface area is 170 Å². The van der Waals surface area contributed by atoms with Crippen molar-refractivity contribution < 1.29 is 13.6 Å². The van der Waals surface area contributed by atoms with Gasteiger partial charge in [-0.05, 0) is 30.3 Å². The lowest BCUT2D eigenvalue weighted by Crippen LogP contribution is -2.44. The van der Waals surface area contributed by atoms with Crippen LogP contribution >= 0.6 is 23.4 Å². The van der Waals surface area contributed by atoms with Crippen LogP contribution in [0.4, 0.5) is 14.5 Å². The summed E-state index contributed by atoms with van der Waals surface area (Å²) in [7, 11) is 0. The van der Waals surface area contributed by atoms with Gasteiger partial charge in [0.1, 0.15) is 23.7 Å². The van der Waals surface area contributed by atoms with E-state index < -0.39 is 23.9 Å². The van der Waals surface area contributed by atoms with Gasteiger partial charge in [0.2, 0.25) is 0 Å². The molecule has 2 heterocycles. The highest BCUT2D eigenvalue weighted by Gasteiger charge is 2.46. The monoisotopic (exact) mass is 424 g/mol. The van der Waals surface area contributed by atoms with Crippen molar-refractivity contribution >= 4 is 40.1 Å². The van der Waals surface area contributed by atoms with E-state index in [1.807, 2.05) is 13.8 Å². The maximum absolute atomic E-state index is 14.7. The lowest BCUT2D eigenvalue weighted by molar-refractivity contribution is 0.102. The summed E-state index contributed by atoms with van der Waals surface area (Å²) in [5, 5.41) is 3.21. The number of hydrogen-bond donors (Lipinski definition) is 2. The van der Waals surface area contributed by atoms with Gasteiger partial charge >= 0.3 is 0 Å². The van der Waals surface area contributed by atoms with Crippen molar-refractivity contribution in [2.75, 3.05) is 12.0 Å². The van der Waals surface area contributed by atoms with Crippen LogP contribution in [0.25, 0.3) is 0 Å². The molecular formula is C19H19ClF2N4OS. The first-order chi connectivity index (χ1) is 13.3. The maximum atomic E-state index is 14.7. The number of amides is 1. The van der Waals surface area contributed by atoms with Gasteiger partial charge in [-0.3, -0.25) is 4.79 Å². The Morgan fingerprint density at radius 3 is 2.75 bits per heavy atom. The third kappa shape index (κ3) is 3.84. The third-order valence-electron chi connectivity index (χ3n) is 4.93. The fraction of sp³-hybridized carbons (Fsp3) is 0.316. The average molecular weight is 425 g/mol. The Morgan fingerprint density at radius 1 is 1.36 bits per heavy atom. The second-order valence-electron chi connectivity index (χ2n) is 6.63. The first kappa shape index (κ1) is 20.5. The number of nitrogens with zero attached hydrogens (tertiary/aromatic N) is 2.